The fraction of sp³-hybridized carbons (Fsp3) is 0.490. The molecule has 4 rings (SSSR count). The van der Waals surface area contributed by atoms with E-state index in [1.165, 1.54) is 6.92 Å². The molecule has 7 atom stereocenters. The van der Waals surface area contributed by atoms with Gasteiger partial charge in [0.2, 0.25) is 47.3 Å². The predicted octanol–water partition coefficient (Wildman–Crippen LogP) is -2.59. The van der Waals surface area contributed by atoms with Crippen molar-refractivity contribution in [3.05, 3.63) is 71.9 Å². The number of H-pyrrole nitrogens is 1. The first-order chi connectivity index (χ1) is 35.8. The van der Waals surface area contributed by atoms with E-state index in [1.54, 1.807) is 42.6 Å². The number of guanidine groups is 2. The van der Waals surface area contributed by atoms with Crippen LogP contribution in [-0.4, -0.2) is 144 Å². The van der Waals surface area contributed by atoms with Gasteiger partial charge in [-0.15, -0.1) is 0 Å². The van der Waals surface area contributed by atoms with Crippen LogP contribution in [0.5, 0.6) is 0 Å². The van der Waals surface area contributed by atoms with Crippen molar-refractivity contribution in [2.45, 2.75) is 126 Å². The fourth-order valence-electron chi connectivity index (χ4n) is 8.28. The Labute approximate surface area is 433 Å². The minimum absolute atomic E-state index is 0.0437. The summed E-state index contributed by atoms with van der Waals surface area (Å²) in [6.45, 7) is 1.51. The van der Waals surface area contributed by atoms with Crippen LogP contribution >= 0.6 is 0 Å². The molecule has 26 heteroatoms. The largest absolute Gasteiger partial charge is 0.480 e. The maximum atomic E-state index is 14.6. The third-order valence-electron chi connectivity index (χ3n) is 12.2. The Morgan fingerprint density at radius 1 is 0.720 bits per heavy atom. The summed E-state index contributed by atoms with van der Waals surface area (Å²) in [7, 11) is 0. The van der Waals surface area contributed by atoms with E-state index in [0.29, 0.717) is 11.1 Å². The van der Waals surface area contributed by atoms with Crippen LogP contribution in [0.2, 0.25) is 0 Å². The van der Waals surface area contributed by atoms with Crippen LogP contribution in [-0.2, 0) is 56.0 Å². The number of aromatic nitrogens is 1. The van der Waals surface area contributed by atoms with Gasteiger partial charge in [0.15, 0.2) is 11.9 Å². The van der Waals surface area contributed by atoms with Crippen molar-refractivity contribution in [2.75, 3.05) is 26.2 Å². The molecule has 1 saturated heterocycles. The van der Waals surface area contributed by atoms with E-state index in [-0.39, 0.29) is 115 Å². The zero-order valence-electron chi connectivity index (χ0n) is 42.0. The Morgan fingerprint density at radius 2 is 1.29 bits per heavy atom. The number of fused-ring (bicyclic) bond motifs is 1. The van der Waals surface area contributed by atoms with Crippen molar-refractivity contribution in [2.24, 2.45) is 17.2 Å². The zero-order valence-corrected chi connectivity index (χ0v) is 42.0. The molecule has 1 aromatic heterocycles. The van der Waals surface area contributed by atoms with E-state index in [1.807, 2.05) is 18.2 Å². The van der Waals surface area contributed by atoms with E-state index in [4.69, 9.17) is 28.0 Å². The molecule has 0 saturated carbocycles. The van der Waals surface area contributed by atoms with Crippen LogP contribution in [0.15, 0.2) is 60.8 Å². The first-order valence-electron chi connectivity index (χ1n) is 24.9. The molecule has 1 fully saturated rings. The molecule has 0 bridgehead atoms. The monoisotopic (exact) mass is 1040 g/mol. The quantitative estimate of drug-likeness (QED) is 0.0333. The number of aromatic amines is 1. The van der Waals surface area contributed by atoms with E-state index in [9.17, 15) is 48.3 Å². The molecule has 1 unspecified atom stereocenters. The van der Waals surface area contributed by atoms with Gasteiger partial charge in [0.05, 0.1) is 0 Å². The Kier molecular flexibility index (Phi) is 24.2. The molecule has 0 aliphatic carbocycles. The van der Waals surface area contributed by atoms with Gasteiger partial charge in [-0.25, -0.2) is 4.79 Å². The first kappa shape index (κ1) is 59.3. The molecule has 0 radical (unpaired) electrons. The average Bonchev–Trinajstić information content (AvgIpc) is 3.78. The smallest absolute Gasteiger partial charge is 0.326 e. The second-order valence-electron chi connectivity index (χ2n) is 18.1. The highest BCUT2D eigenvalue weighted by molar-refractivity contribution is 5.98. The van der Waals surface area contributed by atoms with E-state index < -0.39 is 95.5 Å². The molecule has 20 N–H and O–H groups in total. The molecule has 8 amide bonds. The van der Waals surface area contributed by atoms with Crippen molar-refractivity contribution in [1.29, 1.82) is 10.8 Å². The van der Waals surface area contributed by atoms with Crippen molar-refractivity contribution >= 4 is 76.0 Å². The molecule has 2 heterocycles. The van der Waals surface area contributed by atoms with Crippen LogP contribution in [0.1, 0.15) is 82.3 Å². The molecular formula is C49H72N16O10. The summed E-state index contributed by atoms with van der Waals surface area (Å²) in [5.41, 5.74) is 18.7. The summed E-state index contributed by atoms with van der Waals surface area (Å²) >= 11 is 0. The Hall–Kier alpha value is -8.29. The summed E-state index contributed by atoms with van der Waals surface area (Å²) < 4.78 is 0. The van der Waals surface area contributed by atoms with Gasteiger partial charge >= 0.3 is 5.97 Å². The van der Waals surface area contributed by atoms with Gasteiger partial charge in [-0.3, -0.25) is 49.2 Å². The molecule has 408 valence electrons. The maximum Gasteiger partial charge on any atom is 0.326 e. The van der Waals surface area contributed by atoms with Crippen molar-refractivity contribution < 1.29 is 48.3 Å². The molecule has 3 aromatic rings. The van der Waals surface area contributed by atoms with E-state index >= 15 is 0 Å². The molecule has 2 aromatic carbocycles. The number of carbonyl (C=O) groups excluding carboxylic acids is 8. The lowest BCUT2D eigenvalue weighted by Crippen LogP contribution is -2.60. The highest BCUT2D eigenvalue weighted by Crippen LogP contribution is 2.20. The first-order valence-corrected chi connectivity index (χ1v) is 24.9. The summed E-state index contributed by atoms with van der Waals surface area (Å²) in [4.78, 5) is 127. The molecule has 75 heavy (non-hydrogen) atoms. The second kappa shape index (κ2) is 30.7. The van der Waals surface area contributed by atoms with E-state index in [0.717, 1.165) is 10.9 Å². The lowest BCUT2D eigenvalue weighted by Gasteiger charge is -2.28. The van der Waals surface area contributed by atoms with Gasteiger partial charge in [-0.1, -0.05) is 48.5 Å². The highest BCUT2D eigenvalue weighted by atomic mass is 16.4. The number of para-hydroxylation sites is 1. The summed E-state index contributed by atoms with van der Waals surface area (Å²) in [5, 5.41) is 52.4. The molecule has 1 aliphatic heterocycles. The SMILES string of the molecule is CC(=O)N[C@@H](CCCNC(=N)N)C(=O)N[C@H]1CCC(=O)NCCCC(C(=O)O)NC(=O)[C@H](Cc2c[nH]c3ccccc23)NC(=O)[C@H](CCCNC(=N)N)NC(=O)[C@@H](Cc2ccccc2)NC(=O)[C@H](CCCN)NC1=O. The second-order valence-corrected chi connectivity index (χ2v) is 18.1. The third-order valence-corrected chi connectivity index (χ3v) is 12.2. The number of carbonyl (C=O) groups is 9. The number of benzene rings is 2. The summed E-state index contributed by atoms with van der Waals surface area (Å²) in [6, 6.07) is 6.16. The van der Waals surface area contributed by atoms with Crippen LogP contribution in [0, 0.1) is 10.8 Å². The number of carboxylic acids is 1. The number of hydrogen-bond donors (Lipinski definition) is 17. The van der Waals surface area contributed by atoms with Crippen molar-refractivity contribution in [1.82, 2.24) is 58.2 Å². The Morgan fingerprint density at radius 3 is 1.93 bits per heavy atom. The van der Waals surface area contributed by atoms with Gasteiger partial charge in [0.1, 0.15) is 42.3 Å². The van der Waals surface area contributed by atoms with Gasteiger partial charge in [0.25, 0.3) is 0 Å². The number of amides is 8. The lowest BCUT2D eigenvalue weighted by molar-refractivity contribution is -0.142. The van der Waals surface area contributed by atoms with Crippen molar-refractivity contribution in [3.63, 3.8) is 0 Å². The third kappa shape index (κ3) is 20.6. The molecule has 1 aliphatic rings. The van der Waals surface area contributed by atoms with Crippen LogP contribution in [0.4, 0.5) is 0 Å². The summed E-state index contributed by atoms with van der Waals surface area (Å²) in [5.74, 6) is -8.25. The lowest BCUT2D eigenvalue weighted by atomic mass is 10.0. The van der Waals surface area contributed by atoms with Gasteiger partial charge in [-0.05, 0) is 81.5 Å². The Bertz CT molecular complexity index is 2470. The molecule has 0 spiro atoms. The van der Waals surface area contributed by atoms with Gasteiger partial charge < -0.3 is 80.5 Å². The maximum absolute atomic E-state index is 14.6. The van der Waals surface area contributed by atoms with Gasteiger partial charge in [0, 0.05) is 62.9 Å². The minimum Gasteiger partial charge on any atom is -0.480 e. The predicted molar refractivity (Wildman–Crippen MR) is 277 cm³/mol. The number of carboxylic acid groups (broad SMARTS) is 1. The van der Waals surface area contributed by atoms with Crippen LogP contribution in [0.25, 0.3) is 10.9 Å². The van der Waals surface area contributed by atoms with Crippen molar-refractivity contribution in [3.8, 4) is 0 Å². The van der Waals surface area contributed by atoms with Crippen LogP contribution in [0.3, 0.4) is 0 Å². The molecular weight excluding hydrogens is 973 g/mol. The number of nitrogens with one attached hydrogen (secondary N) is 13. The van der Waals surface area contributed by atoms with Gasteiger partial charge in [-0.2, -0.15) is 0 Å². The topological polar surface area (TPSA) is 436 Å². The zero-order chi connectivity index (χ0) is 54.9. The normalized spacial score (nSPS) is 21.1. The van der Waals surface area contributed by atoms with Crippen LogP contribution < -0.4 is 70.4 Å². The average molecular weight is 1050 g/mol. The molecule has 26 nitrogen and oxygen atoms in total. The number of rotatable bonds is 19. The standard InChI is InChI=1S/C49H72N16O10/c1-28(66)59-33(16-8-23-56-48(51)52)41(68)62-36-19-20-40(67)55-22-10-18-37(47(74)75)63-46(73)39(26-30-27-58-32-14-6-5-13-31(30)32)65-43(70)35(17-9-24-57-49(53)54)61-45(72)38(25-29-11-3-2-4-12-29)64-42(69)34(15-7-21-50)60-44(36)71/h2-6,11-14,27,33-39,58H,7-10,15-26,50H2,1H3,(H,55,67)(H,59,66)(H,60,71)(H,61,72)(H,62,68)(H,63,73)(H,64,69)(H,65,70)(H,74,75)(H4,51,52,56)(H4,53,54,57)/t33-,34-,35-,36-,37?,38+,39-/m0/s1. The summed E-state index contributed by atoms with van der Waals surface area (Å²) in [6.07, 6.45) is 1.20. The van der Waals surface area contributed by atoms with E-state index in [2.05, 4.69) is 58.2 Å². The number of aliphatic carboxylic acids is 1. The fourth-order valence-corrected chi connectivity index (χ4v) is 8.28. The number of nitrogens with two attached hydrogens (primary N) is 3. The number of hydrogen-bond acceptors (Lipinski definition) is 12. The highest BCUT2D eigenvalue weighted by Gasteiger charge is 2.35. The Balaban J connectivity index is 1.76. The minimum atomic E-state index is -1.49.